The molecule has 4 heteroatoms. The van der Waals surface area contributed by atoms with Gasteiger partial charge in [0.05, 0.1) is 5.92 Å². The fourth-order valence-corrected chi connectivity index (χ4v) is 6.96. The number of carbonyl (C=O) groups is 2. The number of carbonyl (C=O) groups excluding carboxylic acids is 2. The third-order valence-corrected chi connectivity index (χ3v) is 8.79. The lowest BCUT2D eigenvalue weighted by molar-refractivity contribution is -0.146. The lowest BCUT2D eigenvalue weighted by Gasteiger charge is -2.50. The topological polar surface area (TPSA) is 46.6 Å². The van der Waals surface area contributed by atoms with Gasteiger partial charge in [-0.1, -0.05) is 49.4 Å². The molecule has 166 valence electrons. The van der Waals surface area contributed by atoms with Crippen LogP contribution in [0.3, 0.4) is 0 Å². The van der Waals surface area contributed by atoms with Crippen molar-refractivity contribution >= 4 is 11.8 Å². The maximum atomic E-state index is 12.8. The standard InChI is InChI=1S/C27H35NO3/c1-18-7-6-12-27(2)16-24-21(15-23(18)27)22(26(30)31-24)17-28-13-10-20(11-14-28)25(29)19-8-4-3-5-9-19/h3-5,8-9,20-24H,1,6-7,10-17H2,2H3/t21-,22+,23+,24+,27+/m0/s1. The fraction of sp³-hybridized carbons (Fsp3) is 0.630. The molecule has 0 amide bonds. The molecular weight excluding hydrogens is 386 g/mol. The van der Waals surface area contributed by atoms with Crippen molar-refractivity contribution in [3.05, 3.63) is 48.0 Å². The Kier molecular flexibility index (Phi) is 5.54. The lowest BCUT2D eigenvalue weighted by atomic mass is 9.55. The largest absolute Gasteiger partial charge is 0.462 e. The van der Waals surface area contributed by atoms with E-state index in [1.807, 2.05) is 30.3 Å². The van der Waals surface area contributed by atoms with Gasteiger partial charge in [0, 0.05) is 23.9 Å². The second-order valence-corrected chi connectivity index (χ2v) is 10.7. The minimum atomic E-state index is -0.0225. The number of Topliss-reactive ketones (excluding diaryl/α,β-unsaturated/α-hetero) is 1. The molecule has 4 fully saturated rings. The highest BCUT2D eigenvalue weighted by Crippen LogP contribution is 2.57. The fourth-order valence-electron chi connectivity index (χ4n) is 6.96. The molecule has 0 N–H and O–H groups in total. The van der Waals surface area contributed by atoms with E-state index in [1.165, 1.54) is 18.4 Å². The van der Waals surface area contributed by atoms with Crippen LogP contribution in [-0.2, 0) is 9.53 Å². The second kappa shape index (κ2) is 8.20. The van der Waals surface area contributed by atoms with E-state index in [0.717, 1.165) is 57.3 Å². The molecule has 2 saturated heterocycles. The van der Waals surface area contributed by atoms with Crippen molar-refractivity contribution in [1.29, 1.82) is 0 Å². The number of ether oxygens (including phenoxy) is 1. The number of rotatable bonds is 4. The van der Waals surface area contributed by atoms with Crippen LogP contribution in [0.15, 0.2) is 42.5 Å². The van der Waals surface area contributed by atoms with Gasteiger partial charge >= 0.3 is 5.97 Å². The van der Waals surface area contributed by atoms with Crippen molar-refractivity contribution < 1.29 is 14.3 Å². The maximum Gasteiger partial charge on any atom is 0.310 e. The molecule has 0 spiro atoms. The number of esters is 1. The summed E-state index contributed by atoms with van der Waals surface area (Å²) in [6, 6.07) is 9.64. The molecule has 0 bridgehead atoms. The van der Waals surface area contributed by atoms with Crippen molar-refractivity contribution in [3.8, 4) is 0 Å². The molecule has 1 aromatic rings. The lowest BCUT2D eigenvalue weighted by Crippen LogP contribution is -2.46. The molecule has 4 aliphatic rings. The van der Waals surface area contributed by atoms with Crippen LogP contribution in [0.1, 0.15) is 62.2 Å². The first-order valence-corrected chi connectivity index (χ1v) is 12.1. The number of ketones is 1. The number of likely N-dealkylation sites (tertiary alicyclic amines) is 1. The van der Waals surface area contributed by atoms with Crippen LogP contribution in [0.2, 0.25) is 0 Å². The van der Waals surface area contributed by atoms with Gasteiger partial charge in [-0.25, -0.2) is 0 Å². The average Bonchev–Trinajstić information content (AvgIpc) is 3.06. The Morgan fingerprint density at radius 2 is 1.97 bits per heavy atom. The summed E-state index contributed by atoms with van der Waals surface area (Å²) in [4.78, 5) is 28.0. The van der Waals surface area contributed by atoms with Crippen molar-refractivity contribution in [2.45, 2.75) is 58.0 Å². The summed E-state index contributed by atoms with van der Waals surface area (Å²) in [6.45, 7) is 9.34. The Hall–Kier alpha value is -1.94. The highest BCUT2D eigenvalue weighted by atomic mass is 16.6. The predicted octanol–water partition coefficient (Wildman–Crippen LogP) is 4.90. The zero-order valence-corrected chi connectivity index (χ0v) is 18.7. The van der Waals surface area contributed by atoms with Gasteiger partial charge in [0.25, 0.3) is 0 Å². The normalized spacial score (nSPS) is 36.5. The van der Waals surface area contributed by atoms with Gasteiger partial charge in [-0.3, -0.25) is 9.59 Å². The van der Waals surface area contributed by atoms with Gasteiger partial charge in [0.2, 0.25) is 0 Å². The Bertz CT molecular complexity index is 856. The molecule has 5 rings (SSSR count). The zero-order valence-electron chi connectivity index (χ0n) is 18.7. The van der Waals surface area contributed by atoms with E-state index in [0.29, 0.717) is 11.8 Å². The van der Waals surface area contributed by atoms with Crippen LogP contribution in [0.4, 0.5) is 0 Å². The van der Waals surface area contributed by atoms with E-state index in [1.54, 1.807) is 0 Å². The van der Waals surface area contributed by atoms with E-state index >= 15 is 0 Å². The maximum absolute atomic E-state index is 12.8. The van der Waals surface area contributed by atoms with Gasteiger partial charge in [0.1, 0.15) is 6.10 Å². The third-order valence-electron chi connectivity index (χ3n) is 8.79. The minimum absolute atomic E-state index is 0.00495. The molecule has 31 heavy (non-hydrogen) atoms. The number of fused-ring (bicyclic) bond motifs is 2. The average molecular weight is 422 g/mol. The van der Waals surface area contributed by atoms with Crippen LogP contribution in [0, 0.1) is 29.1 Å². The summed E-state index contributed by atoms with van der Waals surface area (Å²) >= 11 is 0. The quantitative estimate of drug-likeness (QED) is 0.394. The van der Waals surface area contributed by atoms with E-state index in [4.69, 9.17) is 4.74 Å². The Morgan fingerprint density at radius 1 is 1.23 bits per heavy atom. The first kappa shape index (κ1) is 20.9. The zero-order chi connectivity index (χ0) is 21.6. The van der Waals surface area contributed by atoms with Crippen LogP contribution in [0.5, 0.6) is 0 Å². The molecule has 1 aromatic carbocycles. The summed E-state index contributed by atoms with van der Waals surface area (Å²) in [5.41, 5.74) is 2.47. The molecule has 0 aromatic heterocycles. The first-order valence-electron chi connectivity index (χ1n) is 12.1. The number of hydrogen-bond donors (Lipinski definition) is 0. The Morgan fingerprint density at radius 3 is 2.71 bits per heavy atom. The van der Waals surface area contributed by atoms with Crippen LogP contribution >= 0.6 is 0 Å². The summed E-state index contributed by atoms with van der Waals surface area (Å²) in [5.74, 6) is 1.21. The minimum Gasteiger partial charge on any atom is -0.462 e. The summed E-state index contributed by atoms with van der Waals surface area (Å²) in [5, 5.41) is 0. The molecule has 0 unspecified atom stereocenters. The van der Waals surface area contributed by atoms with Crippen LogP contribution in [0.25, 0.3) is 0 Å². The molecule has 4 nitrogen and oxygen atoms in total. The SMILES string of the molecule is C=C1CCC[C@]2(C)C[C@H]3OC(=O)[C@H](CN4CCC(C(=O)c5ccccc5)CC4)[C@@H]3C[C@H]12. The van der Waals surface area contributed by atoms with Crippen molar-refractivity contribution in [2.24, 2.45) is 29.1 Å². The van der Waals surface area contributed by atoms with Gasteiger partial charge < -0.3 is 9.64 Å². The van der Waals surface area contributed by atoms with E-state index in [9.17, 15) is 9.59 Å². The number of piperidine rings is 1. The highest BCUT2D eigenvalue weighted by Gasteiger charge is 2.55. The predicted molar refractivity (Wildman–Crippen MR) is 121 cm³/mol. The summed E-state index contributed by atoms with van der Waals surface area (Å²) < 4.78 is 5.94. The van der Waals surface area contributed by atoms with Crippen molar-refractivity contribution in [1.82, 2.24) is 4.90 Å². The Labute approximate surface area is 186 Å². The first-order chi connectivity index (χ1) is 14.9. The number of hydrogen-bond acceptors (Lipinski definition) is 4. The molecule has 2 aliphatic heterocycles. The molecule has 2 heterocycles. The molecule has 0 radical (unpaired) electrons. The summed E-state index contributed by atoms with van der Waals surface area (Å²) in [6.07, 6.45) is 7.48. The van der Waals surface area contributed by atoms with Crippen LogP contribution in [-0.4, -0.2) is 42.4 Å². The Balaban J connectivity index is 1.21. The number of nitrogens with zero attached hydrogens (tertiary/aromatic N) is 1. The van der Waals surface area contributed by atoms with Crippen molar-refractivity contribution in [3.63, 3.8) is 0 Å². The molecule has 5 atom stereocenters. The van der Waals surface area contributed by atoms with Gasteiger partial charge in [-0.2, -0.15) is 0 Å². The van der Waals surface area contributed by atoms with E-state index in [2.05, 4.69) is 18.4 Å². The monoisotopic (exact) mass is 421 g/mol. The third kappa shape index (κ3) is 3.88. The van der Waals surface area contributed by atoms with Gasteiger partial charge in [-0.05, 0) is 69.4 Å². The van der Waals surface area contributed by atoms with Gasteiger partial charge in [0.15, 0.2) is 5.78 Å². The van der Waals surface area contributed by atoms with Crippen LogP contribution < -0.4 is 0 Å². The highest BCUT2D eigenvalue weighted by molar-refractivity contribution is 5.97. The number of benzene rings is 1. The summed E-state index contributed by atoms with van der Waals surface area (Å²) in [7, 11) is 0. The van der Waals surface area contributed by atoms with E-state index in [-0.39, 0.29) is 35.1 Å². The number of allylic oxidation sites excluding steroid dienone is 1. The van der Waals surface area contributed by atoms with E-state index < -0.39 is 0 Å². The molecule has 2 saturated carbocycles. The van der Waals surface area contributed by atoms with Crippen molar-refractivity contribution in [2.75, 3.05) is 19.6 Å². The van der Waals surface area contributed by atoms with Gasteiger partial charge in [-0.15, -0.1) is 0 Å². The molecular formula is C27H35NO3. The smallest absolute Gasteiger partial charge is 0.310 e. The second-order valence-electron chi connectivity index (χ2n) is 10.7. The molecule has 2 aliphatic carbocycles.